The van der Waals surface area contributed by atoms with E-state index in [1.165, 1.54) is 0 Å². The van der Waals surface area contributed by atoms with Crippen LogP contribution in [0.1, 0.15) is 15.9 Å². The summed E-state index contributed by atoms with van der Waals surface area (Å²) in [6.45, 7) is 1.89. The van der Waals surface area contributed by atoms with Crippen molar-refractivity contribution in [1.82, 2.24) is 0 Å². The number of rotatable bonds is 2. The van der Waals surface area contributed by atoms with Crippen molar-refractivity contribution in [1.29, 1.82) is 0 Å². The van der Waals surface area contributed by atoms with Gasteiger partial charge in [-0.3, -0.25) is 4.79 Å². The molecule has 1 amide bonds. The van der Waals surface area contributed by atoms with Gasteiger partial charge in [-0.2, -0.15) is 0 Å². The van der Waals surface area contributed by atoms with Crippen LogP contribution >= 0.6 is 27.5 Å². The Labute approximate surface area is 124 Å². The summed E-state index contributed by atoms with van der Waals surface area (Å²) in [5, 5.41) is 3.35. The predicted octanol–water partition coefficient (Wildman–Crippen LogP) is 4.25. The van der Waals surface area contributed by atoms with Crippen LogP contribution in [0.4, 0.5) is 11.4 Å². The second kappa shape index (κ2) is 5.63. The zero-order valence-corrected chi connectivity index (χ0v) is 12.5. The maximum atomic E-state index is 12.2. The second-order valence-electron chi connectivity index (χ2n) is 4.15. The Morgan fingerprint density at radius 2 is 2.00 bits per heavy atom. The average molecular weight is 340 g/mol. The quantitative estimate of drug-likeness (QED) is 0.804. The molecule has 3 nitrogen and oxygen atoms in total. The van der Waals surface area contributed by atoms with Crippen molar-refractivity contribution in [2.24, 2.45) is 0 Å². The van der Waals surface area contributed by atoms with E-state index in [-0.39, 0.29) is 5.91 Å². The molecule has 0 fully saturated rings. The van der Waals surface area contributed by atoms with Crippen molar-refractivity contribution in [3.63, 3.8) is 0 Å². The summed E-state index contributed by atoms with van der Waals surface area (Å²) < 4.78 is 0.697. The molecule has 0 saturated carbocycles. The first kappa shape index (κ1) is 13.9. The number of aryl methyl sites for hydroxylation is 1. The van der Waals surface area contributed by atoms with Gasteiger partial charge in [0, 0.05) is 20.9 Å². The van der Waals surface area contributed by atoms with Crippen molar-refractivity contribution >= 4 is 44.8 Å². The zero-order chi connectivity index (χ0) is 14.0. The van der Waals surface area contributed by atoms with Gasteiger partial charge in [0.05, 0.1) is 5.56 Å². The van der Waals surface area contributed by atoms with Crippen LogP contribution in [0.2, 0.25) is 5.02 Å². The molecule has 0 aliphatic heterocycles. The molecule has 5 heteroatoms. The maximum Gasteiger partial charge on any atom is 0.256 e. The molecule has 2 rings (SSSR count). The van der Waals surface area contributed by atoms with E-state index in [1.54, 1.807) is 30.3 Å². The lowest BCUT2D eigenvalue weighted by Gasteiger charge is -2.10. The van der Waals surface area contributed by atoms with Gasteiger partial charge in [0.25, 0.3) is 5.91 Å². The largest absolute Gasteiger partial charge is 0.399 e. The fraction of sp³-hybridized carbons (Fsp3) is 0.0714. The molecule has 2 aromatic rings. The van der Waals surface area contributed by atoms with Crippen LogP contribution in [0.5, 0.6) is 0 Å². The normalized spacial score (nSPS) is 10.3. The topological polar surface area (TPSA) is 55.1 Å². The number of benzene rings is 2. The number of hydrogen-bond donors (Lipinski definition) is 2. The molecule has 19 heavy (non-hydrogen) atoms. The lowest BCUT2D eigenvalue weighted by atomic mass is 10.1. The Morgan fingerprint density at radius 3 is 2.68 bits per heavy atom. The SMILES string of the molecule is Cc1cc(N)ccc1NC(=O)c1cc(Cl)ccc1Br. The molecule has 2 aromatic carbocycles. The highest BCUT2D eigenvalue weighted by molar-refractivity contribution is 9.10. The van der Waals surface area contributed by atoms with Gasteiger partial charge in [0.1, 0.15) is 0 Å². The number of hydrogen-bond acceptors (Lipinski definition) is 2. The summed E-state index contributed by atoms with van der Waals surface area (Å²) in [4.78, 5) is 12.2. The molecule has 0 aromatic heterocycles. The van der Waals surface area contributed by atoms with Gasteiger partial charge in [-0.1, -0.05) is 11.6 Å². The minimum atomic E-state index is -0.220. The highest BCUT2D eigenvalue weighted by Crippen LogP contribution is 2.24. The van der Waals surface area contributed by atoms with Crippen molar-refractivity contribution in [2.75, 3.05) is 11.1 Å². The van der Waals surface area contributed by atoms with Crippen LogP contribution < -0.4 is 11.1 Å². The smallest absolute Gasteiger partial charge is 0.256 e. The molecule has 0 unspecified atom stereocenters. The van der Waals surface area contributed by atoms with Gasteiger partial charge in [-0.25, -0.2) is 0 Å². The van der Waals surface area contributed by atoms with Gasteiger partial charge >= 0.3 is 0 Å². The number of nitrogens with two attached hydrogens (primary N) is 1. The summed E-state index contributed by atoms with van der Waals surface area (Å²) in [7, 11) is 0. The fourth-order valence-corrected chi connectivity index (χ4v) is 2.29. The standard InChI is InChI=1S/C14H12BrClN2O/c1-8-6-10(17)3-5-13(8)18-14(19)11-7-9(16)2-4-12(11)15/h2-7H,17H2,1H3,(H,18,19). The summed E-state index contributed by atoms with van der Waals surface area (Å²) in [6, 6.07) is 10.4. The zero-order valence-electron chi connectivity index (χ0n) is 10.2. The molecule has 0 saturated heterocycles. The number of halogens is 2. The third-order valence-corrected chi connectivity index (χ3v) is 3.60. The molecule has 0 bridgehead atoms. The van der Waals surface area contributed by atoms with E-state index in [9.17, 15) is 4.79 Å². The number of carbonyl (C=O) groups is 1. The van der Waals surface area contributed by atoms with Gasteiger partial charge in [-0.15, -0.1) is 0 Å². The number of amides is 1. The molecular formula is C14H12BrClN2O. The monoisotopic (exact) mass is 338 g/mol. The van der Waals surface area contributed by atoms with Crippen LogP contribution in [0.15, 0.2) is 40.9 Å². The van der Waals surface area contributed by atoms with E-state index in [1.807, 2.05) is 13.0 Å². The molecule has 0 atom stereocenters. The fourth-order valence-electron chi connectivity index (χ4n) is 1.69. The average Bonchev–Trinajstić information content (AvgIpc) is 2.35. The second-order valence-corrected chi connectivity index (χ2v) is 5.44. The van der Waals surface area contributed by atoms with Crippen molar-refractivity contribution in [3.05, 3.63) is 57.0 Å². The van der Waals surface area contributed by atoms with Crippen LogP contribution in [-0.2, 0) is 0 Å². The number of carbonyl (C=O) groups excluding carboxylic acids is 1. The number of nitrogen functional groups attached to an aromatic ring is 1. The van der Waals surface area contributed by atoms with E-state index >= 15 is 0 Å². The minimum Gasteiger partial charge on any atom is -0.399 e. The summed E-state index contributed by atoms with van der Waals surface area (Å²) in [5.41, 5.74) is 8.47. The number of anilines is 2. The molecule has 0 aliphatic carbocycles. The molecular weight excluding hydrogens is 328 g/mol. The van der Waals surface area contributed by atoms with Gasteiger partial charge in [0.15, 0.2) is 0 Å². The summed E-state index contributed by atoms with van der Waals surface area (Å²) in [6.07, 6.45) is 0. The Hall–Kier alpha value is -1.52. The lowest BCUT2D eigenvalue weighted by molar-refractivity contribution is 0.102. The van der Waals surface area contributed by atoms with Crippen LogP contribution in [-0.4, -0.2) is 5.91 Å². The Balaban J connectivity index is 2.28. The maximum absolute atomic E-state index is 12.2. The molecule has 0 spiro atoms. The van der Waals surface area contributed by atoms with Gasteiger partial charge in [-0.05, 0) is 64.8 Å². The summed E-state index contributed by atoms with van der Waals surface area (Å²) in [5.74, 6) is -0.220. The highest BCUT2D eigenvalue weighted by Gasteiger charge is 2.12. The van der Waals surface area contributed by atoms with Crippen LogP contribution in [0.3, 0.4) is 0 Å². The molecule has 0 heterocycles. The van der Waals surface area contributed by atoms with Crippen molar-refractivity contribution in [2.45, 2.75) is 6.92 Å². The van der Waals surface area contributed by atoms with Crippen molar-refractivity contribution < 1.29 is 4.79 Å². The van der Waals surface area contributed by atoms with Gasteiger partial charge in [0.2, 0.25) is 0 Å². The van der Waals surface area contributed by atoms with E-state index in [2.05, 4.69) is 21.2 Å². The Morgan fingerprint density at radius 1 is 1.26 bits per heavy atom. The summed E-state index contributed by atoms with van der Waals surface area (Å²) >= 11 is 9.23. The van der Waals surface area contributed by atoms with E-state index in [0.29, 0.717) is 20.7 Å². The molecule has 0 radical (unpaired) electrons. The van der Waals surface area contributed by atoms with Crippen LogP contribution in [0, 0.1) is 6.92 Å². The molecule has 0 aliphatic rings. The Kier molecular flexibility index (Phi) is 4.12. The van der Waals surface area contributed by atoms with E-state index < -0.39 is 0 Å². The number of nitrogens with one attached hydrogen (secondary N) is 1. The third kappa shape index (κ3) is 3.28. The molecule has 98 valence electrons. The van der Waals surface area contributed by atoms with E-state index in [0.717, 1.165) is 11.3 Å². The first-order valence-electron chi connectivity index (χ1n) is 5.60. The highest BCUT2D eigenvalue weighted by atomic mass is 79.9. The first-order valence-corrected chi connectivity index (χ1v) is 6.77. The minimum absolute atomic E-state index is 0.220. The predicted molar refractivity (Wildman–Crippen MR) is 82.7 cm³/mol. The van der Waals surface area contributed by atoms with Crippen molar-refractivity contribution in [3.8, 4) is 0 Å². The van der Waals surface area contributed by atoms with Crippen LogP contribution in [0.25, 0.3) is 0 Å². The molecule has 3 N–H and O–H groups in total. The van der Waals surface area contributed by atoms with E-state index in [4.69, 9.17) is 17.3 Å². The third-order valence-electron chi connectivity index (χ3n) is 2.67. The van der Waals surface area contributed by atoms with Gasteiger partial charge < -0.3 is 11.1 Å². The first-order chi connectivity index (χ1) is 8.97. The Bertz CT molecular complexity index is 643. The lowest BCUT2D eigenvalue weighted by Crippen LogP contribution is -2.13.